The largest absolute Gasteiger partial charge is 0.371 e. The van der Waals surface area contributed by atoms with Gasteiger partial charge in [-0.2, -0.15) is 0 Å². The zero-order chi connectivity index (χ0) is 9.80. The smallest absolute Gasteiger partial charge is 0.222 e. The van der Waals surface area contributed by atoms with Crippen molar-refractivity contribution in [1.29, 1.82) is 0 Å². The lowest BCUT2D eigenvalue weighted by molar-refractivity contribution is 0.0522. The highest BCUT2D eigenvalue weighted by Gasteiger charge is 2.14. The molecule has 0 saturated carbocycles. The minimum Gasteiger partial charge on any atom is -0.371 e. The maximum absolute atomic E-state index is 5.65. The Bertz CT molecular complexity index is 305. The van der Waals surface area contributed by atoms with Crippen molar-refractivity contribution in [3.8, 4) is 0 Å². The van der Waals surface area contributed by atoms with Gasteiger partial charge in [-0.1, -0.05) is 0 Å². The summed E-state index contributed by atoms with van der Waals surface area (Å²) < 4.78 is 5.63. The number of hydrogen-bond donors (Lipinski definition) is 1. The van der Waals surface area contributed by atoms with Gasteiger partial charge in [-0.05, 0) is 30.6 Å². The maximum atomic E-state index is 5.65. The van der Waals surface area contributed by atoms with Crippen molar-refractivity contribution in [2.45, 2.75) is 19.1 Å². The van der Waals surface area contributed by atoms with Crippen LogP contribution in [0.1, 0.15) is 12.1 Å². The Morgan fingerprint density at radius 2 is 2.47 bits per heavy atom. The number of halogens is 2. The third-order valence-electron chi connectivity index (χ3n) is 2.17. The molecule has 1 N–H and O–H groups in total. The molecule has 2 rings (SSSR count). The third-order valence-corrected chi connectivity index (χ3v) is 2.35. The number of nitrogens with one attached hydrogen (secondary N) is 1. The molecular weight excluding hydrogens is 237 g/mol. The van der Waals surface area contributed by atoms with E-state index in [0.717, 1.165) is 25.2 Å². The van der Waals surface area contributed by atoms with Gasteiger partial charge in [-0.15, -0.1) is 12.4 Å². The van der Waals surface area contributed by atoms with Crippen LogP contribution in [0.25, 0.3) is 0 Å². The van der Waals surface area contributed by atoms with Crippen molar-refractivity contribution < 1.29 is 4.74 Å². The first-order chi connectivity index (χ1) is 6.84. The van der Waals surface area contributed by atoms with E-state index in [-0.39, 0.29) is 17.7 Å². The number of ether oxygens (including phenoxy) is 1. The van der Waals surface area contributed by atoms with Gasteiger partial charge in [0.25, 0.3) is 0 Å². The van der Waals surface area contributed by atoms with E-state index in [1.807, 2.05) is 6.07 Å². The summed E-state index contributed by atoms with van der Waals surface area (Å²) in [5.74, 6) is 0. The fraction of sp³-hybridized carbons (Fsp3) is 0.556. The van der Waals surface area contributed by atoms with Crippen molar-refractivity contribution >= 4 is 24.0 Å². The van der Waals surface area contributed by atoms with Gasteiger partial charge in [0.1, 0.15) is 0 Å². The monoisotopic (exact) mass is 249 g/mol. The van der Waals surface area contributed by atoms with Gasteiger partial charge in [0, 0.05) is 12.7 Å². The average molecular weight is 250 g/mol. The van der Waals surface area contributed by atoms with Crippen LogP contribution in [0.15, 0.2) is 12.3 Å². The first kappa shape index (κ1) is 12.6. The summed E-state index contributed by atoms with van der Waals surface area (Å²) >= 11 is 5.65. The highest BCUT2D eigenvalue weighted by atomic mass is 35.5. The van der Waals surface area contributed by atoms with E-state index in [0.29, 0.717) is 12.7 Å². The standard InChI is InChI=1S/C9H12ClN3O.ClH/c10-9-12-4-1-7(13-9)6-14-8-2-3-11-5-8;/h1,4,8,11H,2-3,5-6H2;1H/t8-;/m1./s1. The molecule has 0 aliphatic carbocycles. The van der Waals surface area contributed by atoms with Crippen LogP contribution in [0.3, 0.4) is 0 Å². The molecule has 0 radical (unpaired) electrons. The average Bonchev–Trinajstić information content (AvgIpc) is 2.67. The molecule has 15 heavy (non-hydrogen) atoms. The molecule has 6 heteroatoms. The molecule has 0 aromatic carbocycles. The Balaban J connectivity index is 0.00000112. The fourth-order valence-corrected chi connectivity index (χ4v) is 1.59. The van der Waals surface area contributed by atoms with Crippen LogP contribution in [0.5, 0.6) is 0 Å². The van der Waals surface area contributed by atoms with Gasteiger partial charge in [0.2, 0.25) is 5.28 Å². The van der Waals surface area contributed by atoms with E-state index in [1.165, 1.54) is 0 Å². The van der Waals surface area contributed by atoms with Crippen molar-refractivity contribution in [2.75, 3.05) is 13.1 Å². The molecule has 1 aromatic rings. The maximum Gasteiger partial charge on any atom is 0.222 e. The molecule has 1 saturated heterocycles. The number of hydrogen-bond acceptors (Lipinski definition) is 4. The number of nitrogens with zero attached hydrogens (tertiary/aromatic N) is 2. The predicted molar refractivity (Wildman–Crippen MR) is 60.4 cm³/mol. The van der Waals surface area contributed by atoms with Crippen LogP contribution in [-0.4, -0.2) is 29.2 Å². The molecule has 1 aromatic heterocycles. The minimum absolute atomic E-state index is 0. The van der Waals surface area contributed by atoms with Gasteiger partial charge in [0.15, 0.2) is 0 Å². The van der Waals surface area contributed by atoms with E-state index >= 15 is 0 Å². The Labute approximate surface area is 99.8 Å². The van der Waals surface area contributed by atoms with Gasteiger partial charge in [-0.3, -0.25) is 0 Å². The highest BCUT2D eigenvalue weighted by molar-refractivity contribution is 6.28. The van der Waals surface area contributed by atoms with Gasteiger partial charge in [0.05, 0.1) is 18.4 Å². The summed E-state index contributed by atoms with van der Waals surface area (Å²) in [6, 6.07) is 1.81. The Hall–Kier alpha value is -0.420. The second-order valence-electron chi connectivity index (χ2n) is 3.24. The van der Waals surface area contributed by atoms with Crippen LogP contribution in [0.2, 0.25) is 5.28 Å². The summed E-state index contributed by atoms with van der Waals surface area (Å²) in [4.78, 5) is 7.85. The second-order valence-corrected chi connectivity index (χ2v) is 3.58. The van der Waals surface area contributed by atoms with Gasteiger partial charge < -0.3 is 10.1 Å². The zero-order valence-electron chi connectivity index (χ0n) is 8.15. The fourth-order valence-electron chi connectivity index (χ4n) is 1.42. The summed E-state index contributed by atoms with van der Waals surface area (Å²) in [6.45, 7) is 2.47. The molecular formula is C9H13Cl2N3O. The van der Waals surface area contributed by atoms with E-state index in [4.69, 9.17) is 16.3 Å². The molecule has 1 atom stereocenters. The molecule has 0 amide bonds. The molecule has 0 unspecified atom stereocenters. The summed E-state index contributed by atoms with van der Waals surface area (Å²) in [5.41, 5.74) is 0.830. The van der Waals surface area contributed by atoms with Crippen molar-refractivity contribution in [1.82, 2.24) is 15.3 Å². The Kier molecular flexibility index (Phi) is 5.25. The van der Waals surface area contributed by atoms with E-state index in [1.54, 1.807) is 6.20 Å². The van der Waals surface area contributed by atoms with E-state index < -0.39 is 0 Å². The molecule has 0 spiro atoms. The normalized spacial score (nSPS) is 19.9. The molecule has 0 bridgehead atoms. The number of aromatic nitrogens is 2. The van der Waals surface area contributed by atoms with E-state index in [9.17, 15) is 0 Å². The molecule has 1 fully saturated rings. The van der Waals surface area contributed by atoms with Crippen LogP contribution in [-0.2, 0) is 11.3 Å². The van der Waals surface area contributed by atoms with E-state index in [2.05, 4.69) is 15.3 Å². The van der Waals surface area contributed by atoms with Crippen molar-refractivity contribution in [3.05, 3.63) is 23.2 Å². The van der Waals surface area contributed by atoms with Crippen molar-refractivity contribution in [3.63, 3.8) is 0 Å². The lowest BCUT2D eigenvalue weighted by atomic mass is 10.3. The summed E-state index contributed by atoms with van der Waals surface area (Å²) in [6.07, 6.45) is 3.02. The quantitative estimate of drug-likeness (QED) is 0.824. The second kappa shape index (κ2) is 6.23. The third kappa shape index (κ3) is 3.91. The summed E-state index contributed by atoms with van der Waals surface area (Å²) in [5, 5.41) is 3.51. The first-order valence-electron chi connectivity index (χ1n) is 4.64. The van der Waals surface area contributed by atoms with Crippen LogP contribution in [0, 0.1) is 0 Å². The Morgan fingerprint density at radius 3 is 3.13 bits per heavy atom. The molecule has 4 nitrogen and oxygen atoms in total. The van der Waals surface area contributed by atoms with Crippen LogP contribution in [0.4, 0.5) is 0 Å². The minimum atomic E-state index is 0. The summed E-state index contributed by atoms with van der Waals surface area (Å²) in [7, 11) is 0. The lowest BCUT2D eigenvalue weighted by Crippen LogP contribution is -2.16. The number of rotatable bonds is 3. The zero-order valence-corrected chi connectivity index (χ0v) is 9.72. The first-order valence-corrected chi connectivity index (χ1v) is 5.02. The topological polar surface area (TPSA) is 47.0 Å². The Morgan fingerprint density at radius 1 is 1.60 bits per heavy atom. The molecule has 2 heterocycles. The van der Waals surface area contributed by atoms with Gasteiger partial charge >= 0.3 is 0 Å². The molecule has 1 aliphatic heterocycles. The van der Waals surface area contributed by atoms with Crippen LogP contribution >= 0.6 is 24.0 Å². The van der Waals surface area contributed by atoms with Crippen LogP contribution < -0.4 is 5.32 Å². The lowest BCUT2D eigenvalue weighted by Gasteiger charge is -2.09. The SMILES string of the molecule is Cl.Clc1nccc(CO[C@@H]2CCNC2)n1. The van der Waals surface area contributed by atoms with Crippen molar-refractivity contribution in [2.24, 2.45) is 0 Å². The highest BCUT2D eigenvalue weighted by Crippen LogP contribution is 2.07. The van der Waals surface area contributed by atoms with Gasteiger partial charge in [-0.25, -0.2) is 9.97 Å². The predicted octanol–water partition coefficient (Wildman–Crippen LogP) is 1.43. The molecule has 84 valence electrons. The molecule has 1 aliphatic rings.